The van der Waals surface area contributed by atoms with Crippen LogP contribution >= 0.6 is 0 Å². The van der Waals surface area contributed by atoms with Gasteiger partial charge in [-0.25, -0.2) is 9.50 Å². The standard InChI is InChI=1S/C18H17N5O2/c1-2-15-13(10-20-21-15)9-12(1)16-11-19-17-3-4-18(22-23(16)17)25-14-5-7-24-8-6-14/h1-4,9-11,14H,5-8H2,(H,20,21). The Morgan fingerprint density at radius 1 is 1.12 bits per heavy atom. The molecule has 126 valence electrons. The van der Waals surface area contributed by atoms with Gasteiger partial charge in [0.1, 0.15) is 6.10 Å². The van der Waals surface area contributed by atoms with Gasteiger partial charge in [-0.1, -0.05) is 6.07 Å². The van der Waals surface area contributed by atoms with Gasteiger partial charge in [0.15, 0.2) is 5.65 Å². The average Bonchev–Trinajstić information content (AvgIpc) is 3.28. The van der Waals surface area contributed by atoms with Crippen molar-refractivity contribution in [2.45, 2.75) is 18.9 Å². The van der Waals surface area contributed by atoms with Crippen LogP contribution in [0.4, 0.5) is 0 Å². The van der Waals surface area contributed by atoms with Gasteiger partial charge >= 0.3 is 0 Å². The second-order valence-electron chi connectivity index (χ2n) is 6.19. The lowest BCUT2D eigenvalue weighted by Gasteiger charge is -2.22. The Morgan fingerprint density at radius 2 is 2.04 bits per heavy atom. The number of nitrogens with one attached hydrogen (secondary N) is 1. The zero-order valence-electron chi connectivity index (χ0n) is 13.6. The van der Waals surface area contributed by atoms with Gasteiger partial charge in [-0.15, -0.1) is 5.10 Å². The van der Waals surface area contributed by atoms with Crippen LogP contribution in [-0.4, -0.2) is 44.1 Å². The summed E-state index contributed by atoms with van der Waals surface area (Å²) in [5.41, 5.74) is 3.77. The molecule has 0 unspecified atom stereocenters. The van der Waals surface area contributed by atoms with Gasteiger partial charge in [0.05, 0.1) is 36.8 Å². The number of H-pyrrole nitrogens is 1. The fraction of sp³-hybridized carbons (Fsp3) is 0.278. The monoisotopic (exact) mass is 335 g/mol. The van der Waals surface area contributed by atoms with E-state index in [2.05, 4.69) is 26.3 Å². The molecule has 7 heteroatoms. The van der Waals surface area contributed by atoms with Crippen LogP contribution in [0, 0.1) is 0 Å². The third-order valence-corrected chi connectivity index (χ3v) is 4.53. The topological polar surface area (TPSA) is 77.3 Å². The summed E-state index contributed by atoms with van der Waals surface area (Å²) in [7, 11) is 0. The molecule has 0 atom stereocenters. The summed E-state index contributed by atoms with van der Waals surface area (Å²) in [6.07, 6.45) is 5.60. The predicted octanol–water partition coefficient (Wildman–Crippen LogP) is 2.83. The van der Waals surface area contributed by atoms with Crippen molar-refractivity contribution in [1.29, 1.82) is 0 Å². The van der Waals surface area contributed by atoms with E-state index in [1.54, 1.807) is 0 Å². The SMILES string of the molecule is c1cc2[nH]ncc2cc1-c1cnc2ccc(OC3CCOCC3)nn12. The molecule has 4 heterocycles. The summed E-state index contributed by atoms with van der Waals surface area (Å²) in [6.45, 7) is 1.49. The van der Waals surface area contributed by atoms with Crippen LogP contribution in [0.1, 0.15) is 12.8 Å². The van der Waals surface area contributed by atoms with E-state index in [1.807, 2.05) is 41.2 Å². The second-order valence-corrected chi connectivity index (χ2v) is 6.19. The molecule has 0 saturated carbocycles. The molecule has 7 nitrogen and oxygen atoms in total. The van der Waals surface area contributed by atoms with Crippen molar-refractivity contribution >= 4 is 16.6 Å². The fourth-order valence-electron chi connectivity index (χ4n) is 3.18. The van der Waals surface area contributed by atoms with Gasteiger partial charge in [0.25, 0.3) is 0 Å². The number of fused-ring (bicyclic) bond motifs is 2. The molecular formula is C18H17N5O2. The second kappa shape index (κ2) is 5.86. The Labute approximate surface area is 143 Å². The maximum Gasteiger partial charge on any atom is 0.232 e. The quantitative estimate of drug-likeness (QED) is 0.623. The average molecular weight is 335 g/mol. The maximum atomic E-state index is 6.03. The smallest absolute Gasteiger partial charge is 0.232 e. The number of rotatable bonds is 3. The molecule has 1 aliphatic rings. The van der Waals surface area contributed by atoms with Crippen molar-refractivity contribution in [3.8, 4) is 17.1 Å². The lowest BCUT2D eigenvalue weighted by atomic mass is 10.1. The number of benzene rings is 1. The van der Waals surface area contributed by atoms with E-state index in [0.29, 0.717) is 5.88 Å². The minimum absolute atomic E-state index is 0.160. The molecule has 3 aromatic heterocycles. The van der Waals surface area contributed by atoms with Crippen LogP contribution in [0.15, 0.2) is 42.7 Å². The fourth-order valence-corrected chi connectivity index (χ4v) is 3.18. The number of aromatic nitrogens is 5. The van der Waals surface area contributed by atoms with Crippen molar-refractivity contribution < 1.29 is 9.47 Å². The maximum absolute atomic E-state index is 6.03. The molecule has 0 amide bonds. The minimum Gasteiger partial charge on any atom is -0.473 e. The molecule has 1 N–H and O–H groups in total. The summed E-state index contributed by atoms with van der Waals surface area (Å²) >= 11 is 0. The third kappa shape index (κ3) is 2.62. The predicted molar refractivity (Wildman–Crippen MR) is 92.5 cm³/mol. The van der Waals surface area contributed by atoms with Gasteiger partial charge in [0.2, 0.25) is 5.88 Å². The summed E-state index contributed by atoms with van der Waals surface area (Å²) in [6, 6.07) is 9.94. The molecule has 0 radical (unpaired) electrons. The molecule has 1 aromatic carbocycles. The summed E-state index contributed by atoms with van der Waals surface area (Å²) < 4.78 is 13.2. The summed E-state index contributed by atoms with van der Waals surface area (Å²) in [4.78, 5) is 4.45. The first-order valence-corrected chi connectivity index (χ1v) is 8.39. The number of hydrogen-bond donors (Lipinski definition) is 1. The van der Waals surface area contributed by atoms with Gasteiger partial charge in [0, 0.05) is 29.9 Å². The van der Waals surface area contributed by atoms with E-state index in [1.165, 1.54) is 0 Å². The van der Waals surface area contributed by atoms with Crippen molar-refractivity contribution in [3.63, 3.8) is 0 Å². The van der Waals surface area contributed by atoms with Crippen LogP contribution in [0.2, 0.25) is 0 Å². The van der Waals surface area contributed by atoms with E-state index in [9.17, 15) is 0 Å². The normalized spacial score (nSPS) is 15.8. The van der Waals surface area contributed by atoms with Gasteiger partial charge in [-0.3, -0.25) is 5.10 Å². The zero-order valence-corrected chi connectivity index (χ0v) is 13.6. The lowest BCUT2D eigenvalue weighted by Crippen LogP contribution is -2.26. The Balaban J connectivity index is 1.53. The number of ether oxygens (including phenoxy) is 2. The van der Waals surface area contributed by atoms with E-state index in [4.69, 9.17) is 9.47 Å². The van der Waals surface area contributed by atoms with Gasteiger partial charge in [-0.2, -0.15) is 5.10 Å². The molecule has 0 spiro atoms. The van der Waals surface area contributed by atoms with Crippen molar-refractivity contribution in [1.82, 2.24) is 24.8 Å². The highest BCUT2D eigenvalue weighted by atomic mass is 16.5. The summed E-state index contributed by atoms with van der Waals surface area (Å²) in [5.74, 6) is 0.614. The Bertz CT molecular complexity index is 1030. The molecule has 4 aromatic rings. The van der Waals surface area contributed by atoms with E-state index >= 15 is 0 Å². The number of imidazole rings is 1. The number of aromatic amines is 1. The first-order valence-electron chi connectivity index (χ1n) is 8.39. The summed E-state index contributed by atoms with van der Waals surface area (Å²) in [5, 5.41) is 12.7. The Kier molecular flexibility index (Phi) is 3.38. The highest BCUT2D eigenvalue weighted by molar-refractivity contribution is 5.83. The molecule has 25 heavy (non-hydrogen) atoms. The molecule has 1 saturated heterocycles. The third-order valence-electron chi connectivity index (χ3n) is 4.53. The molecule has 5 rings (SSSR count). The van der Waals surface area contributed by atoms with Crippen molar-refractivity contribution in [2.75, 3.05) is 13.2 Å². The van der Waals surface area contributed by atoms with Crippen LogP contribution in [0.3, 0.4) is 0 Å². The van der Waals surface area contributed by atoms with Gasteiger partial charge < -0.3 is 9.47 Å². The molecule has 1 fully saturated rings. The molecular weight excluding hydrogens is 318 g/mol. The number of nitrogens with zero attached hydrogens (tertiary/aromatic N) is 4. The molecule has 0 aliphatic carbocycles. The van der Waals surface area contributed by atoms with E-state index in [0.717, 1.165) is 53.9 Å². The Morgan fingerprint density at radius 3 is 2.96 bits per heavy atom. The molecule has 0 bridgehead atoms. The van der Waals surface area contributed by atoms with Crippen molar-refractivity contribution in [3.05, 3.63) is 42.7 Å². The van der Waals surface area contributed by atoms with Crippen LogP contribution in [0.5, 0.6) is 5.88 Å². The zero-order chi connectivity index (χ0) is 16.6. The highest BCUT2D eigenvalue weighted by Crippen LogP contribution is 2.25. The van der Waals surface area contributed by atoms with E-state index < -0.39 is 0 Å². The van der Waals surface area contributed by atoms with Gasteiger partial charge in [-0.05, 0) is 18.2 Å². The van der Waals surface area contributed by atoms with Crippen LogP contribution < -0.4 is 4.74 Å². The highest BCUT2D eigenvalue weighted by Gasteiger charge is 2.17. The van der Waals surface area contributed by atoms with E-state index in [-0.39, 0.29) is 6.10 Å². The minimum atomic E-state index is 0.160. The van der Waals surface area contributed by atoms with Crippen LogP contribution in [-0.2, 0) is 4.74 Å². The first kappa shape index (κ1) is 14.4. The first-order chi connectivity index (χ1) is 12.4. The largest absolute Gasteiger partial charge is 0.473 e. The Hall–Kier alpha value is -2.93. The van der Waals surface area contributed by atoms with Crippen LogP contribution in [0.25, 0.3) is 27.8 Å². The lowest BCUT2D eigenvalue weighted by molar-refractivity contribution is 0.0232. The molecule has 1 aliphatic heterocycles. The number of hydrogen-bond acceptors (Lipinski definition) is 5. The van der Waals surface area contributed by atoms with Crippen molar-refractivity contribution in [2.24, 2.45) is 0 Å².